The second-order valence-electron chi connectivity index (χ2n) is 8.89. The van der Waals surface area contributed by atoms with Gasteiger partial charge in [-0.1, -0.05) is 6.07 Å². The lowest BCUT2D eigenvalue weighted by molar-refractivity contribution is -0.949. The third kappa shape index (κ3) is 3.27. The molecule has 1 amide bonds. The number of rotatable bonds is 4. The highest BCUT2D eigenvalue weighted by atomic mass is 32.2. The molecule has 0 unspecified atom stereocenters. The summed E-state index contributed by atoms with van der Waals surface area (Å²) in [7, 11) is 0. The average Bonchev–Trinajstić information content (AvgIpc) is 3.63. The monoisotopic (exact) mass is 446 g/mol. The summed E-state index contributed by atoms with van der Waals surface area (Å²) in [6.45, 7) is 3.62. The number of carbonyl (C=O) groups excluding carboxylic acids is 1. The van der Waals surface area contributed by atoms with E-state index >= 15 is 0 Å². The lowest BCUT2D eigenvalue weighted by atomic mass is 10.0. The highest BCUT2D eigenvalue weighted by Crippen LogP contribution is 2.40. The summed E-state index contributed by atoms with van der Waals surface area (Å²) in [6.07, 6.45) is 15.0. The molecule has 2 saturated heterocycles. The van der Waals surface area contributed by atoms with Crippen LogP contribution in [0.4, 0.5) is 0 Å². The van der Waals surface area contributed by atoms with Crippen LogP contribution in [0, 0.1) is 0 Å². The lowest BCUT2D eigenvalue weighted by Crippen LogP contribution is -2.56. The maximum atomic E-state index is 13.0. The van der Waals surface area contributed by atoms with Gasteiger partial charge in [-0.25, -0.2) is 0 Å². The second-order valence-corrected chi connectivity index (χ2v) is 9.97. The van der Waals surface area contributed by atoms with Gasteiger partial charge in [-0.3, -0.25) is 9.78 Å². The molecule has 4 aliphatic heterocycles. The molecular formula is C25H28N5OS+. The van der Waals surface area contributed by atoms with Crippen molar-refractivity contribution >= 4 is 17.7 Å². The van der Waals surface area contributed by atoms with Gasteiger partial charge < -0.3 is 9.47 Å². The molecule has 32 heavy (non-hydrogen) atoms. The van der Waals surface area contributed by atoms with Gasteiger partial charge in [0.15, 0.2) is 5.70 Å². The van der Waals surface area contributed by atoms with Crippen LogP contribution in [-0.2, 0) is 4.79 Å². The normalized spacial score (nSPS) is 25.8. The van der Waals surface area contributed by atoms with Crippen molar-refractivity contribution in [3.63, 3.8) is 0 Å². The smallest absolute Gasteiger partial charge is 0.256 e. The summed E-state index contributed by atoms with van der Waals surface area (Å²) in [6, 6.07) is 10.9. The zero-order valence-corrected chi connectivity index (χ0v) is 19.0. The molecular weight excluding hydrogens is 418 g/mol. The first kappa shape index (κ1) is 20.0. The number of quaternary nitrogens is 1. The number of carbonyl (C=O) groups is 1. The minimum Gasteiger partial charge on any atom is -0.343 e. The van der Waals surface area contributed by atoms with E-state index in [9.17, 15) is 4.79 Å². The summed E-state index contributed by atoms with van der Waals surface area (Å²) in [5.74, 6) is 2.10. The number of thioether (sulfide) groups is 1. The number of pyridine rings is 1. The predicted octanol–water partition coefficient (Wildman–Crippen LogP) is 3.80. The van der Waals surface area contributed by atoms with E-state index in [-0.39, 0.29) is 5.91 Å². The van der Waals surface area contributed by atoms with Crippen LogP contribution in [0.2, 0.25) is 0 Å². The molecule has 2 aromatic rings. The number of aromatic nitrogens is 2. The molecule has 7 heteroatoms. The Morgan fingerprint density at radius 1 is 1.12 bits per heavy atom. The molecule has 0 bridgehead atoms. The van der Waals surface area contributed by atoms with E-state index in [1.807, 2.05) is 35.0 Å². The number of fused-ring (bicyclic) bond motifs is 1. The molecule has 6 heterocycles. The van der Waals surface area contributed by atoms with Crippen molar-refractivity contribution in [1.82, 2.24) is 19.5 Å². The van der Waals surface area contributed by atoms with Gasteiger partial charge in [-0.05, 0) is 43.2 Å². The van der Waals surface area contributed by atoms with Crippen LogP contribution in [0.25, 0.3) is 11.4 Å². The number of nitrogens with zero attached hydrogens (tertiary/aromatic N) is 5. The molecule has 0 aromatic carbocycles. The van der Waals surface area contributed by atoms with Crippen molar-refractivity contribution in [1.29, 1.82) is 0 Å². The van der Waals surface area contributed by atoms with Crippen molar-refractivity contribution in [3.05, 3.63) is 78.4 Å². The second kappa shape index (κ2) is 8.06. The van der Waals surface area contributed by atoms with Crippen LogP contribution in [0.3, 0.4) is 0 Å². The fourth-order valence-electron chi connectivity index (χ4n) is 5.48. The summed E-state index contributed by atoms with van der Waals surface area (Å²) in [5.41, 5.74) is 4.40. The molecule has 2 fully saturated rings. The third-order valence-electron chi connectivity index (χ3n) is 7.14. The number of hydrogen-bond donors (Lipinski definition) is 0. The standard InChI is InChI=1S/C25H28N5OS/c31-25(27-14-16-32-19-27)20-17-22-5-4-15-30(22,18-20)28-12-8-21(9-13-28)29-11-3-7-24(29)23-6-1-2-10-26-23/h1-7,10-11,15,17,21H,8-9,12-14,16,18-19H2/q+1/t30-/m1/s1. The van der Waals surface area contributed by atoms with Gasteiger partial charge in [-0.2, -0.15) is 4.59 Å². The third-order valence-corrected chi connectivity index (χ3v) is 8.11. The molecule has 0 radical (unpaired) electrons. The molecule has 0 saturated carbocycles. The van der Waals surface area contributed by atoms with Gasteiger partial charge >= 0.3 is 0 Å². The molecule has 164 valence electrons. The molecule has 4 aliphatic rings. The van der Waals surface area contributed by atoms with E-state index in [1.54, 1.807) is 0 Å². The number of allylic oxidation sites excluding steroid dienone is 3. The maximum absolute atomic E-state index is 13.0. The average molecular weight is 447 g/mol. The van der Waals surface area contributed by atoms with Crippen molar-refractivity contribution in [2.24, 2.45) is 0 Å². The first-order valence-corrected chi connectivity index (χ1v) is 12.6. The van der Waals surface area contributed by atoms with Crippen LogP contribution in [0.5, 0.6) is 0 Å². The molecule has 0 spiro atoms. The van der Waals surface area contributed by atoms with Crippen molar-refractivity contribution in [3.8, 4) is 11.4 Å². The molecule has 1 atom stereocenters. The van der Waals surface area contributed by atoms with Gasteiger partial charge in [0.2, 0.25) is 0 Å². The van der Waals surface area contributed by atoms with Crippen molar-refractivity contribution in [2.75, 3.05) is 37.8 Å². The van der Waals surface area contributed by atoms with E-state index in [2.05, 4.69) is 63.4 Å². The van der Waals surface area contributed by atoms with Gasteiger partial charge in [0.25, 0.3) is 5.91 Å². The minimum atomic E-state index is 0.221. The number of hydrogen-bond acceptors (Lipinski definition) is 4. The van der Waals surface area contributed by atoms with E-state index in [4.69, 9.17) is 0 Å². The number of amides is 1. The predicted molar refractivity (Wildman–Crippen MR) is 127 cm³/mol. The largest absolute Gasteiger partial charge is 0.343 e. The Kier molecular flexibility index (Phi) is 5.05. The van der Waals surface area contributed by atoms with Crippen molar-refractivity contribution in [2.45, 2.75) is 18.9 Å². The zero-order chi connectivity index (χ0) is 21.5. The first-order chi connectivity index (χ1) is 15.7. The van der Waals surface area contributed by atoms with Crippen LogP contribution in [0.1, 0.15) is 18.9 Å². The first-order valence-electron chi connectivity index (χ1n) is 11.4. The summed E-state index contributed by atoms with van der Waals surface area (Å²) in [4.78, 5) is 19.6. The molecule has 6 rings (SSSR count). The fourth-order valence-corrected chi connectivity index (χ4v) is 6.43. The molecule has 0 aliphatic carbocycles. The van der Waals surface area contributed by atoms with Gasteiger partial charge in [0, 0.05) is 42.9 Å². The maximum Gasteiger partial charge on any atom is 0.256 e. The molecule has 2 aromatic heterocycles. The Morgan fingerprint density at radius 3 is 2.81 bits per heavy atom. The summed E-state index contributed by atoms with van der Waals surface area (Å²) < 4.78 is 3.09. The summed E-state index contributed by atoms with van der Waals surface area (Å²) >= 11 is 1.84. The van der Waals surface area contributed by atoms with Crippen LogP contribution < -0.4 is 0 Å². The van der Waals surface area contributed by atoms with Crippen molar-refractivity contribution < 1.29 is 9.39 Å². The van der Waals surface area contributed by atoms with Gasteiger partial charge in [0.05, 0.1) is 35.9 Å². The Balaban J connectivity index is 1.17. The van der Waals surface area contributed by atoms with Crippen LogP contribution in [0.15, 0.2) is 78.4 Å². The SMILES string of the molecule is O=C(C1=CC2=CC=C[N@@+]2(N2CCC(n3cccc3-c3ccccn3)CC2)C1)N1CCSC1. The zero-order valence-electron chi connectivity index (χ0n) is 18.1. The van der Waals surface area contributed by atoms with Crippen LogP contribution >= 0.6 is 11.8 Å². The Hall–Kier alpha value is -2.61. The van der Waals surface area contributed by atoms with E-state index in [0.717, 1.165) is 61.9 Å². The van der Waals surface area contributed by atoms with Gasteiger partial charge in [0.1, 0.15) is 12.7 Å². The van der Waals surface area contributed by atoms with Crippen LogP contribution in [-0.4, -0.2) is 67.8 Å². The van der Waals surface area contributed by atoms with E-state index in [1.165, 1.54) is 11.4 Å². The Morgan fingerprint density at radius 2 is 2.03 bits per heavy atom. The topological polar surface area (TPSA) is 41.4 Å². The number of piperidine rings is 1. The quantitative estimate of drug-likeness (QED) is 0.670. The molecule has 6 nitrogen and oxygen atoms in total. The fraction of sp³-hybridized carbons (Fsp3) is 0.360. The Bertz CT molecular complexity index is 1110. The molecule has 0 N–H and O–H groups in total. The highest BCUT2D eigenvalue weighted by molar-refractivity contribution is 7.99. The van der Waals surface area contributed by atoms with Gasteiger partial charge in [-0.15, -0.1) is 16.8 Å². The minimum absolute atomic E-state index is 0.221. The summed E-state index contributed by atoms with van der Waals surface area (Å²) in [5, 5.41) is 2.55. The highest BCUT2D eigenvalue weighted by Gasteiger charge is 2.48. The van der Waals surface area contributed by atoms with E-state index in [0.29, 0.717) is 10.6 Å². The Labute approximate surface area is 193 Å². The lowest BCUT2D eigenvalue weighted by Gasteiger charge is -2.43. The van der Waals surface area contributed by atoms with E-state index < -0.39 is 0 Å².